The van der Waals surface area contributed by atoms with Crippen LogP contribution in [-0.4, -0.2) is 38.5 Å². The Morgan fingerprint density at radius 2 is 1.63 bits per heavy atom. The lowest BCUT2D eigenvalue weighted by molar-refractivity contribution is -0.146. The van der Waals surface area contributed by atoms with E-state index in [1.54, 1.807) is 7.11 Å². The highest BCUT2D eigenvalue weighted by Gasteiger charge is 2.52. The molecule has 1 saturated carbocycles. The summed E-state index contributed by atoms with van der Waals surface area (Å²) in [6.45, 7) is 8.21. The van der Waals surface area contributed by atoms with Crippen molar-refractivity contribution < 1.29 is 23.6 Å². The maximum Gasteiger partial charge on any atom is 0.498 e. The molecule has 0 unspecified atom stereocenters. The number of ether oxygens (including phenoxy) is 2. The molecule has 5 nitrogen and oxygen atoms in total. The highest BCUT2D eigenvalue weighted by Crippen LogP contribution is 2.39. The van der Waals surface area contributed by atoms with Crippen LogP contribution >= 0.6 is 0 Å². The number of hydrogen-bond acceptors (Lipinski definition) is 5. The van der Waals surface area contributed by atoms with Crippen LogP contribution in [0.15, 0.2) is 18.2 Å². The van der Waals surface area contributed by atoms with Gasteiger partial charge in [0, 0.05) is 5.46 Å². The zero-order valence-corrected chi connectivity index (χ0v) is 17.3. The Balaban J connectivity index is 1.80. The fourth-order valence-corrected chi connectivity index (χ4v) is 3.99. The summed E-state index contributed by atoms with van der Waals surface area (Å²) in [6, 6.07) is 6.28. The summed E-state index contributed by atoms with van der Waals surface area (Å²) in [6.07, 6.45) is 3.70. The second-order valence-electron chi connectivity index (χ2n) is 8.66. The minimum atomic E-state index is -0.448. The molecule has 0 radical (unpaired) electrons. The molecule has 1 aliphatic carbocycles. The number of methoxy groups -OCH3 is 2. The third-order valence-electron chi connectivity index (χ3n) is 6.49. The van der Waals surface area contributed by atoms with Crippen molar-refractivity contribution in [3.63, 3.8) is 0 Å². The number of carbonyl (C=O) groups excluding carboxylic acids is 1. The molecule has 3 rings (SSSR count). The Kier molecular flexibility index (Phi) is 5.60. The number of rotatable bonds is 4. The smallest absolute Gasteiger partial charge is 0.497 e. The van der Waals surface area contributed by atoms with Gasteiger partial charge < -0.3 is 18.8 Å². The second-order valence-corrected chi connectivity index (χ2v) is 8.66. The van der Waals surface area contributed by atoms with Crippen molar-refractivity contribution >= 4 is 18.6 Å². The highest BCUT2D eigenvalue weighted by molar-refractivity contribution is 6.63. The lowest BCUT2D eigenvalue weighted by Crippen LogP contribution is -2.41. The largest absolute Gasteiger partial charge is 0.498 e. The first-order valence-electron chi connectivity index (χ1n) is 9.80. The molecule has 0 spiro atoms. The molecule has 6 heteroatoms. The molecular formula is C21H31BO5. The van der Waals surface area contributed by atoms with Crippen LogP contribution in [0.5, 0.6) is 5.75 Å². The zero-order chi connectivity index (χ0) is 19.8. The van der Waals surface area contributed by atoms with Gasteiger partial charge in [-0.1, -0.05) is 12.1 Å². The van der Waals surface area contributed by atoms with Crippen LogP contribution in [0.3, 0.4) is 0 Å². The van der Waals surface area contributed by atoms with Crippen molar-refractivity contribution in [1.29, 1.82) is 0 Å². The minimum absolute atomic E-state index is 0.0343. The van der Waals surface area contributed by atoms with Crippen LogP contribution in [0.4, 0.5) is 0 Å². The normalized spacial score (nSPS) is 26.7. The molecule has 0 N–H and O–H groups in total. The van der Waals surface area contributed by atoms with Gasteiger partial charge >= 0.3 is 13.1 Å². The molecular weight excluding hydrogens is 343 g/mol. The summed E-state index contributed by atoms with van der Waals surface area (Å²) in [5.41, 5.74) is 1.40. The predicted octanol–water partition coefficient (Wildman–Crippen LogP) is 3.44. The lowest BCUT2D eigenvalue weighted by atomic mass is 9.73. The van der Waals surface area contributed by atoms with E-state index in [1.807, 2.05) is 6.07 Å². The summed E-state index contributed by atoms with van der Waals surface area (Å²) in [5.74, 6) is 1.16. The third-order valence-corrected chi connectivity index (χ3v) is 6.49. The van der Waals surface area contributed by atoms with Gasteiger partial charge in [-0.25, -0.2) is 0 Å². The Morgan fingerprint density at radius 1 is 1.04 bits per heavy atom. The van der Waals surface area contributed by atoms with Gasteiger partial charge in [0.1, 0.15) is 5.75 Å². The van der Waals surface area contributed by atoms with Crippen molar-refractivity contribution in [2.24, 2.45) is 5.92 Å². The fourth-order valence-electron chi connectivity index (χ4n) is 3.99. The molecule has 0 aromatic heterocycles. The van der Waals surface area contributed by atoms with Gasteiger partial charge in [-0.2, -0.15) is 0 Å². The van der Waals surface area contributed by atoms with Gasteiger partial charge in [-0.3, -0.25) is 4.79 Å². The Morgan fingerprint density at radius 3 is 2.15 bits per heavy atom. The SMILES string of the molecule is COC(=O)C1CCC(c2ccc(OC)c(B3OC(C)(C)C(C)(C)O3)c2)CC1. The second kappa shape index (κ2) is 7.48. The van der Waals surface area contributed by atoms with E-state index >= 15 is 0 Å². The minimum Gasteiger partial charge on any atom is -0.497 e. The molecule has 1 aromatic carbocycles. The summed E-state index contributed by atoms with van der Waals surface area (Å²) in [7, 11) is 2.69. The van der Waals surface area contributed by atoms with Gasteiger partial charge in [0.2, 0.25) is 0 Å². The van der Waals surface area contributed by atoms with Crippen molar-refractivity contribution in [2.45, 2.75) is 70.5 Å². The quantitative estimate of drug-likeness (QED) is 0.597. The number of benzene rings is 1. The van der Waals surface area contributed by atoms with E-state index in [2.05, 4.69) is 39.8 Å². The first-order valence-corrected chi connectivity index (χ1v) is 9.80. The standard InChI is InChI=1S/C21H31BO5/c1-20(2)21(3,4)27-22(26-20)17-13-16(11-12-18(17)24-5)14-7-9-15(10-8-14)19(23)25-6/h11-15H,7-10H2,1-6H3. The number of hydrogen-bond donors (Lipinski definition) is 0. The summed E-state index contributed by atoms with van der Waals surface area (Å²) < 4.78 is 22.9. The van der Waals surface area contributed by atoms with E-state index in [9.17, 15) is 4.79 Å². The Labute approximate surface area is 162 Å². The fraction of sp³-hybridized carbons (Fsp3) is 0.667. The lowest BCUT2D eigenvalue weighted by Gasteiger charge is -2.32. The van der Waals surface area contributed by atoms with Crippen LogP contribution in [0.2, 0.25) is 0 Å². The van der Waals surface area contributed by atoms with Crippen LogP contribution in [0, 0.1) is 5.92 Å². The first-order chi connectivity index (χ1) is 12.7. The number of carbonyl (C=O) groups is 1. The molecule has 27 heavy (non-hydrogen) atoms. The molecule has 2 fully saturated rings. The van der Waals surface area contributed by atoms with E-state index in [0.717, 1.165) is 36.9 Å². The van der Waals surface area contributed by atoms with Crippen molar-refractivity contribution in [3.8, 4) is 5.75 Å². The topological polar surface area (TPSA) is 54.0 Å². The highest BCUT2D eigenvalue weighted by atomic mass is 16.7. The van der Waals surface area contributed by atoms with E-state index in [4.69, 9.17) is 18.8 Å². The van der Waals surface area contributed by atoms with E-state index in [1.165, 1.54) is 12.7 Å². The average molecular weight is 374 g/mol. The van der Waals surface area contributed by atoms with E-state index < -0.39 is 18.3 Å². The first kappa shape index (κ1) is 20.2. The molecule has 1 saturated heterocycles. The van der Waals surface area contributed by atoms with Gasteiger partial charge in [0.15, 0.2) is 0 Å². The molecule has 0 atom stereocenters. The molecule has 1 aliphatic heterocycles. The molecule has 1 heterocycles. The van der Waals surface area contributed by atoms with Crippen LogP contribution in [0.25, 0.3) is 0 Å². The monoisotopic (exact) mass is 374 g/mol. The van der Waals surface area contributed by atoms with Gasteiger partial charge in [0.05, 0.1) is 31.3 Å². The molecule has 0 amide bonds. The van der Waals surface area contributed by atoms with Crippen LogP contribution in [0.1, 0.15) is 64.9 Å². The zero-order valence-electron chi connectivity index (χ0n) is 17.3. The van der Waals surface area contributed by atoms with Gasteiger partial charge in [-0.15, -0.1) is 0 Å². The van der Waals surface area contributed by atoms with Crippen LogP contribution < -0.4 is 10.2 Å². The molecule has 148 valence electrons. The summed E-state index contributed by atoms with van der Waals surface area (Å²) >= 11 is 0. The molecule has 2 aliphatic rings. The van der Waals surface area contributed by atoms with E-state index in [-0.39, 0.29) is 11.9 Å². The number of esters is 1. The third kappa shape index (κ3) is 3.88. The van der Waals surface area contributed by atoms with Crippen molar-refractivity contribution in [2.75, 3.05) is 14.2 Å². The predicted molar refractivity (Wildman–Crippen MR) is 105 cm³/mol. The summed E-state index contributed by atoms with van der Waals surface area (Å²) in [4.78, 5) is 11.8. The van der Waals surface area contributed by atoms with E-state index in [0.29, 0.717) is 5.92 Å². The molecule has 0 bridgehead atoms. The Bertz CT molecular complexity index is 676. The van der Waals surface area contributed by atoms with Crippen molar-refractivity contribution in [1.82, 2.24) is 0 Å². The maximum absolute atomic E-state index is 11.8. The Hall–Kier alpha value is -1.53. The van der Waals surface area contributed by atoms with Gasteiger partial charge in [-0.05, 0) is 70.9 Å². The van der Waals surface area contributed by atoms with Crippen molar-refractivity contribution in [3.05, 3.63) is 23.8 Å². The van der Waals surface area contributed by atoms with Crippen LogP contribution in [-0.2, 0) is 18.8 Å². The average Bonchev–Trinajstić information content (AvgIpc) is 2.88. The summed E-state index contributed by atoms with van der Waals surface area (Å²) in [5, 5.41) is 0. The maximum atomic E-state index is 11.8. The van der Waals surface area contributed by atoms with Gasteiger partial charge in [0.25, 0.3) is 0 Å². The molecule has 1 aromatic rings.